The van der Waals surface area contributed by atoms with Crippen molar-refractivity contribution in [1.82, 2.24) is 0 Å². The smallest absolute Gasteiger partial charge is 0.148 e. The van der Waals surface area contributed by atoms with Gasteiger partial charge < -0.3 is 0 Å². The lowest BCUT2D eigenvalue weighted by molar-refractivity contribution is -0.117. The van der Waals surface area contributed by atoms with E-state index in [9.17, 15) is 13.4 Å². The van der Waals surface area contributed by atoms with Crippen molar-refractivity contribution in [3.8, 4) is 0 Å². The average Bonchev–Trinajstić information content (AvgIpc) is 3.01. The number of benzene rings is 1. The van der Waals surface area contributed by atoms with Crippen molar-refractivity contribution in [3.05, 3.63) is 30.1 Å². The quantitative estimate of drug-likeness (QED) is 0.786. The van der Waals surface area contributed by atoms with Gasteiger partial charge in [-0.1, -0.05) is 12.1 Å². The van der Waals surface area contributed by atoms with Crippen molar-refractivity contribution >= 4 is 16.6 Å². The lowest BCUT2D eigenvalue weighted by Crippen LogP contribution is -2.13. The molecule has 1 aliphatic rings. The van der Waals surface area contributed by atoms with Gasteiger partial charge in [-0.05, 0) is 25.0 Å². The van der Waals surface area contributed by atoms with Gasteiger partial charge in [0.25, 0.3) is 0 Å². The molecule has 1 unspecified atom stereocenters. The Morgan fingerprint density at radius 1 is 1.40 bits per heavy atom. The van der Waals surface area contributed by atoms with Gasteiger partial charge in [-0.2, -0.15) is 0 Å². The number of Topliss-reactive ketones (excluding diaryl/α,β-unsaturated/α-hetero) is 1. The molecule has 0 bridgehead atoms. The normalized spacial score (nSPS) is 17.4. The molecule has 4 heteroatoms. The van der Waals surface area contributed by atoms with E-state index in [1.165, 1.54) is 12.1 Å². The van der Waals surface area contributed by atoms with E-state index >= 15 is 0 Å². The summed E-state index contributed by atoms with van der Waals surface area (Å²) in [5.41, 5.74) is 0. The topological polar surface area (TPSA) is 34.1 Å². The summed E-state index contributed by atoms with van der Waals surface area (Å²) in [6, 6.07) is 5.89. The summed E-state index contributed by atoms with van der Waals surface area (Å²) in [6.45, 7) is 0. The van der Waals surface area contributed by atoms with Crippen molar-refractivity contribution in [1.29, 1.82) is 0 Å². The summed E-state index contributed by atoms with van der Waals surface area (Å²) in [5.74, 6) is -0.470. The molecule has 2 nitrogen and oxygen atoms in total. The Hall–Kier alpha value is -1.03. The van der Waals surface area contributed by atoms with Gasteiger partial charge in [0.2, 0.25) is 0 Å². The van der Waals surface area contributed by atoms with Crippen LogP contribution in [0.25, 0.3) is 0 Å². The summed E-state index contributed by atoms with van der Waals surface area (Å²) in [5, 5.41) is 0. The van der Waals surface area contributed by atoms with Gasteiger partial charge in [0.05, 0.1) is 21.4 Å². The first kappa shape index (κ1) is 10.5. The minimum absolute atomic E-state index is 0.00316. The molecule has 0 radical (unpaired) electrons. The number of carbonyl (C=O) groups is 1. The highest BCUT2D eigenvalue weighted by molar-refractivity contribution is 7.85. The summed E-state index contributed by atoms with van der Waals surface area (Å²) >= 11 is 0. The molecule has 0 saturated heterocycles. The molecular weight excluding hydrogens is 215 g/mol. The SMILES string of the molecule is O=C(CS(=O)c1ccccc1F)C1CC1. The van der Waals surface area contributed by atoms with Gasteiger partial charge >= 0.3 is 0 Å². The monoisotopic (exact) mass is 226 g/mol. The predicted molar refractivity (Wildman–Crippen MR) is 55.4 cm³/mol. The average molecular weight is 226 g/mol. The number of ketones is 1. The zero-order chi connectivity index (χ0) is 10.8. The molecule has 80 valence electrons. The van der Waals surface area contributed by atoms with Gasteiger partial charge in [-0.15, -0.1) is 0 Å². The number of rotatable bonds is 4. The van der Waals surface area contributed by atoms with Crippen LogP contribution in [0.5, 0.6) is 0 Å². The molecule has 0 aliphatic heterocycles. The molecule has 2 rings (SSSR count). The maximum atomic E-state index is 13.2. The largest absolute Gasteiger partial charge is 0.298 e. The molecule has 1 atom stereocenters. The molecule has 0 heterocycles. The third kappa shape index (κ3) is 2.50. The summed E-state index contributed by atoms with van der Waals surface area (Å²) in [6.07, 6.45) is 1.79. The highest BCUT2D eigenvalue weighted by atomic mass is 32.2. The predicted octanol–water partition coefficient (Wildman–Crippen LogP) is 1.91. The molecule has 15 heavy (non-hydrogen) atoms. The maximum Gasteiger partial charge on any atom is 0.148 e. The van der Waals surface area contributed by atoms with Gasteiger partial charge in [-0.25, -0.2) is 4.39 Å². The first-order chi connectivity index (χ1) is 7.18. The van der Waals surface area contributed by atoms with E-state index in [-0.39, 0.29) is 22.3 Å². The second-order valence-electron chi connectivity index (χ2n) is 3.66. The Bertz CT molecular complexity index is 413. The van der Waals surface area contributed by atoms with Crippen molar-refractivity contribution in [2.75, 3.05) is 5.75 Å². The number of halogens is 1. The molecule has 1 aliphatic carbocycles. The summed E-state index contributed by atoms with van der Waals surface area (Å²) in [4.78, 5) is 11.5. The summed E-state index contributed by atoms with van der Waals surface area (Å²) < 4.78 is 24.9. The van der Waals surface area contributed by atoms with E-state index in [4.69, 9.17) is 0 Å². The van der Waals surface area contributed by atoms with Crippen LogP contribution in [0.15, 0.2) is 29.2 Å². The van der Waals surface area contributed by atoms with Gasteiger partial charge in [0.15, 0.2) is 0 Å². The third-order valence-electron chi connectivity index (χ3n) is 2.39. The Morgan fingerprint density at radius 2 is 2.07 bits per heavy atom. The minimum atomic E-state index is -1.53. The number of carbonyl (C=O) groups excluding carboxylic acids is 1. The fourth-order valence-corrected chi connectivity index (χ4v) is 2.52. The van der Waals surface area contributed by atoms with Gasteiger partial charge in [0, 0.05) is 5.92 Å². The molecule has 1 aromatic rings. The zero-order valence-electron chi connectivity index (χ0n) is 8.11. The lowest BCUT2D eigenvalue weighted by Gasteiger charge is -2.01. The van der Waals surface area contributed by atoms with E-state index < -0.39 is 16.6 Å². The van der Waals surface area contributed by atoms with Crippen LogP contribution in [-0.4, -0.2) is 15.7 Å². The van der Waals surface area contributed by atoms with E-state index in [2.05, 4.69) is 0 Å². The van der Waals surface area contributed by atoms with E-state index in [0.29, 0.717) is 0 Å². The van der Waals surface area contributed by atoms with E-state index in [0.717, 1.165) is 12.8 Å². The van der Waals surface area contributed by atoms with Crippen LogP contribution < -0.4 is 0 Å². The summed E-state index contributed by atoms with van der Waals surface area (Å²) in [7, 11) is -1.53. The first-order valence-electron chi connectivity index (χ1n) is 4.84. The van der Waals surface area contributed by atoms with Crippen molar-refractivity contribution in [2.24, 2.45) is 5.92 Å². The van der Waals surface area contributed by atoms with Crippen molar-refractivity contribution in [2.45, 2.75) is 17.7 Å². The molecule has 1 aromatic carbocycles. The fraction of sp³-hybridized carbons (Fsp3) is 0.364. The molecule has 0 amide bonds. The van der Waals surface area contributed by atoms with Crippen molar-refractivity contribution in [3.63, 3.8) is 0 Å². The van der Waals surface area contributed by atoms with Gasteiger partial charge in [-0.3, -0.25) is 9.00 Å². The van der Waals surface area contributed by atoms with Crippen LogP contribution in [0.2, 0.25) is 0 Å². The second kappa shape index (κ2) is 4.23. The van der Waals surface area contributed by atoms with Crippen LogP contribution >= 0.6 is 0 Å². The van der Waals surface area contributed by atoms with Crippen LogP contribution in [0.3, 0.4) is 0 Å². The highest BCUT2D eigenvalue weighted by Crippen LogP contribution is 2.30. The first-order valence-corrected chi connectivity index (χ1v) is 6.16. The number of hydrogen-bond donors (Lipinski definition) is 0. The molecule has 0 aromatic heterocycles. The molecule has 0 spiro atoms. The molecule has 0 N–H and O–H groups in total. The Kier molecular flexibility index (Phi) is 2.95. The second-order valence-corrected chi connectivity index (χ2v) is 5.08. The fourth-order valence-electron chi connectivity index (χ4n) is 1.36. The van der Waals surface area contributed by atoms with Crippen molar-refractivity contribution < 1.29 is 13.4 Å². The van der Waals surface area contributed by atoms with E-state index in [1.54, 1.807) is 12.1 Å². The van der Waals surface area contributed by atoms with E-state index in [1.807, 2.05) is 0 Å². The molecular formula is C11H11FO2S. The molecule has 1 saturated carbocycles. The lowest BCUT2D eigenvalue weighted by atomic mass is 10.3. The van der Waals surface area contributed by atoms with Gasteiger partial charge in [0.1, 0.15) is 11.6 Å². The Labute approximate surface area is 90.0 Å². The zero-order valence-corrected chi connectivity index (χ0v) is 8.93. The Balaban J connectivity index is 2.07. The standard InChI is InChI=1S/C11H11FO2S/c12-9-3-1-2-4-11(9)15(14)7-10(13)8-5-6-8/h1-4,8H,5-7H2. The molecule has 1 fully saturated rings. The number of hydrogen-bond acceptors (Lipinski definition) is 2. The minimum Gasteiger partial charge on any atom is -0.298 e. The maximum absolute atomic E-state index is 13.2. The Morgan fingerprint density at radius 3 is 2.67 bits per heavy atom. The van der Waals surface area contributed by atoms with Crippen LogP contribution in [0, 0.1) is 11.7 Å². The third-order valence-corrected chi connectivity index (χ3v) is 3.76. The van der Waals surface area contributed by atoms with Crippen LogP contribution in [-0.2, 0) is 15.6 Å². The highest BCUT2D eigenvalue weighted by Gasteiger charge is 2.30. The van der Waals surface area contributed by atoms with Crippen LogP contribution in [0.1, 0.15) is 12.8 Å². The van der Waals surface area contributed by atoms with Crippen LogP contribution in [0.4, 0.5) is 4.39 Å².